The van der Waals surface area contributed by atoms with Crippen LogP contribution in [0.15, 0.2) is 42.5 Å². The molecule has 0 bridgehead atoms. The van der Waals surface area contributed by atoms with Gasteiger partial charge in [0.15, 0.2) is 0 Å². The zero-order valence-corrected chi connectivity index (χ0v) is 14.1. The normalized spacial score (nSPS) is 13.3. The van der Waals surface area contributed by atoms with Crippen LogP contribution in [0.2, 0.25) is 0 Å². The topological polar surface area (TPSA) is 49.4 Å². The maximum Gasteiger partial charge on any atom is 0.231 e. The number of anilines is 2. The van der Waals surface area contributed by atoms with Crippen molar-refractivity contribution >= 4 is 23.2 Å². The number of hydrogen-bond donors (Lipinski definition) is 1. The molecular weight excluding hydrogens is 300 g/mol. The second-order valence-electron chi connectivity index (χ2n) is 6.29. The zero-order valence-electron chi connectivity index (χ0n) is 14.1. The number of fused-ring (bicyclic) bond motifs is 1. The van der Waals surface area contributed by atoms with Gasteiger partial charge in [-0.15, -0.1) is 0 Å². The molecule has 1 heterocycles. The van der Waals surface area contributed by atoms with E-state index in [-0.39, 0.29) is 11.8 Å². The van der Waals surface area contributed by atoms with E-state index < -0.39 is 0 Å². The quantitative estimate of drug-likeness (QED) is 0.940. The molecule has 0 unspecified atom stereocenters. The highest BCUT2D eigenvalue weighted by molar-refractivity contribution is 5.96. The number of benzene rings is 2. The minimum atomic E-state index is -0.0979. The molecule has 2 aromatic carbocycles. The Kier molecular flexibility index (Phi) is 4.65. The molecule has 124 valence electrons. The molecule has 1 N–H and O–H groups in total. The van der Waals surface area contributed by atoms with Gasteiger partial charge >= 0.3 is 0 Å². The Balaban J connectivity index is 1.76. The van der Waals surface area contributed by atoms with Gasteiger partial charge in [-0.25, -0.2) is 0 Å². The van der Waals surface area contributed by atoms with Crippen LogP contribution in [-0.2, 0) is 22.4 Å². The van der Waals surface area contributed by atoms with Gasteiger partial charge in [0, 0.05) is 24.8 Å². The first kappa shape index (κ1) is 16.2. The van der Waals surface area contributed by atoms with Crippen molar-refractivity contribution in [2.24, 2.45) is 0 Å². The van der Waals surface area contributed by atoms with Gasteiger partial charge in [0.1, 0.15) is 0 Å². The third-order valence-electron chi connectivity index (χ3n) is 4.35. The van der Waals surface area contributed by atoms with Crippen LogP contribution in [0.5, 0.6) is 0 Å². The summed E-state index contributed by atoms with van der Waals surface area (Å²) < 4.78 is 0. The summed E-state index contributed by atoms with van der Waals surface area (Å²) in [6, 6.07) is 13.7. The fourth-order valence-electron chi connectivity index (χ4n) is 3.28. The summed E-state index contributed by atoms with van der Waals surface area (Å²) in [6.07, 6.45) is 2.41. The number of aryl methyl sites for hydroxylation is 2. The summed E-state index contributed by atoms with van der Waals surface area (Å²) in [5, 5.41) is 2.73. The Morgan fingerprint density at radius 1 is 1.12 bits per heavy atom. The highest BCUT2D eigenvalue weighted by Gasteiger charge is 2.23. The highest BCUT2D eigenvalue weighted by Crippen LogP contribution is 2.31. The smallest absolute Gasteiger partial charge is 0.231 e. The van der Waals surface area contributed by atoms with Crippen molar-refractivity contribution in [3.63, 3.8) is 0 Å². The minimum Gasteiger partial charge on any atom is -0.326 e. The Morgan fingerprint density at radius 2 is 1.88 bits per heavy atom. The standard InChI is InChI=1S/C20H22N2O2/c1-14-5-3-6-17-7-4-12-22(20(14)17)19(24)13-16-8-10-18(11-9-16)21-15(2)23/h3,5-6,8-11H,4,7,12-13H2,1-2H3,(H,21,23). The van der Waals surface area contributed by atoms with Crippen LogP contribution < -0.4 is 10.2 Å². The minimum absolute atomic E-state index is 0.0979. The monoisotopic (exact) mass is 322 g/mol. The number of nitrogens with one attached hydrogen (secondary N) is 1. The number of nitrogens with zero attached hydrogens (tertiary/aromatic N) is 1. The summed E-state index contributed by atoms with van der Waals surface area (Å²) in [4.78, 5) is 25.8. The van der Waals surface area contributed by atoms with E-state index in [2.05, 4.69) is 30.4 Å². The lowest BCUT2D eigenvalue weighted by Gasteiger charge is -2.31. The van der Waals surface area contributed by atoms with Crippen LogP contribution in [0.3, 0.4) is 0 Å². The van der Waals surface area contributed by atoms with Gasteiger partial charge in [-0.1, -0.05) is 30.3 Å². The average molecular weight is 322 g/mol. The highest BCUT2D eigenvalue weighted by atomic mass is 16.2. The van der Waals surface area contributed by atoms with Gasteiger partial charge in [0.2, 0.25) is 11.8 Å². The summed E-state index contributed by atoms with van der Waals surface area (Å²) in [6.45, 7) is 4.32. The van der Waals surface area contributed by atoms with E-state index >= 15 is 0 Å². The second kappa shape index (κ2) is 6.87. The fourth-order valence-corrected chi connectivity index (χ4v) is 3.28. The number of para-hydroxylation sites is 1. The van der Waals surface area contributed by atoms with Crippen molar-refractivity contribution in [3.05, 3.63) is 59.2 Å². The van der Waals surface area contributed by atoms with E-state index in [1.54, 1.807) is 0 Å². The van der Waals surface area contributed by atoms with Crippen LogP contribution in [0, 0.1) is 6.92 Å². The molecule has 0 saturated heterocycles. The first-order valence-corrected chi connectivity index (χ1v) is 8.30. The van der Waals surface area contributed by atoms with Gasteiger partial charge in [0.25, 0.3) is 0 Å². The molecule has 0 aromatic heterocycles. The molecule has 0 spiro atoms. The molecule has 0 fully saturated rings. The number of carbonyl (C=O) groups excluding carboxylic acids is 2. The maximum atomic E-state index is 12.8. The molecule has 1 aliphatic heterocycles. The molecule has 4 heteroatoms. The molecule has 0 aliphatic carbocycles. The Labute approximate surface area is 142 Å². The zero-order chi connectivity index (χ0) is 17.1. The number of amides is 2. The van der Waals surface area contributed by atoms with E-state index in [9.17, 15) is 9.59 Å². The van der Waals surface area contributed by atoms with E-state index in [0.717, 1.165) is 41.9 Å². The fraction of sp³-hybridized carbons (Fsp3) is 0.300. The summed E-state index contributed by atoms with van der Waals surface area (Å²) in [7, 11) is 0. The molecule has 4 nitrogen and oxygen atoms in total. The van der Waals surface area contributed by atoms with E-state index in [1.165, 1.54) is 12.5 Å². The summed E-state index contributed by atoms with van der Waals surface area (Å²) in [5.74, 6) is 0.0248. The lowest BCUT2D eigenvalue weighted by atomic mass is 9.97. The van der Waals surface area contributed by atoms with Crippen molar-refractivity contribution in [2.45, 2.75) is 33.1 Å². The van der Waals surface area contributed by atoms with Crippen molar-refractivity contribution in [1.29, 1.82) is 0 Å². The van der Waals surface area contributed by atoms with Gasteiger partial charge in [0.05, 0.1) is 6.42 Å². The number of hydrogen-bond acceptors (Lipinski definition) is 2. The van der Waals surface area contributed by atoms with E-state index in [0.29, 0.717) is 6.42 Å². The van der Waals surface area contributed by atoms with E-state index in [1.807, 2.05) is 29.2 Å². The Morgan fingerprint density at radius 3 is 2.58 bits per heavy atom. The van der Waals surface area contributed by atoms with Gasteiger partial charge in [-0.05, 0) is 48.6 Å². The van der Waals surface area contributed by atoms with Gasteiger partial charge < -0.3 is 10.2 Å². The largest absolute Gasteiger partial charge is 0.326 e. The van der Waals surface area contributed by atoms with Crippen LogP contribution in [-0.4, -0.2) is 18.4 Å². The molecule has 1 aliphatic rings. The van der Waals surface area contributed by atoms with Crippen molar-refractivity contribution in [1.82, 2.24) is 0 Å². The predicted octanol–water partition coefficient (Wildman–Crippen LogP) is 3.48. The third-order valence-corrected chi connectivity index (χ3v) is 4.35. The lowest BCUT2D eigenvalue weighted by molar-refractivity contribution is -0.118. The first-order valence-electron chi connectivity index (χ1n) is 8.30. The SMILES string of the molecule is CC(=O)Nc1ccc(CC(=O)N2CCCc3cccc(C)c32)cc1. The Bertz CT molecular complexity index is 766. The molecule has 24 heavy (non-hydrogen) atoms. The van der Waals surface area contributed by atoms with Gasteiger partial charge in [-0.3, -0.25) is 9.59 Å². The summed E-state index contributed by atoms with van der Waals surface area (Å²) >= 11 is 0. The molecule has 0 atom stereocenters. The van der Waals surface area contributed by atoms with Crippen molar-refractivity contribution in [2.75, 3.05) is 16.8 Å². The third kappa shape index (κ3) is 3.48. The Hall–Kier alpha value is -2.62. The van der Waals surface area contributed by atoms with E-state index in [4.69, 9.17) is 0 Å². The number of rotatable bonds is 3. The second-order valence-corrected chi connectivity index (χ2v) is 6.29. The van der Waals surface area contributed by atoms with Crippen LogP contribution >= 0.6 is 0 Å². The van der Waals surface area contributed by atoms with Crippen LogP contribution in [0.4, 0.5) is 11.4 Å². The molecule has 3 rings (SSSR count). The summed E-state index contributed by atoms with van der Waals surface area (Å²) in [5.41, 5.74) is 5.20. The average Bonchev–Trinajstić information content (AvgIpc) is 2.56. The molecule has 0 saturated carbocycles. The van der Waals surface area contributed by atoms with Crippen molar-refractivity contribution in [3.8, 4) is 0 Å². The van der Waals surface area contributed by atoms with Crippen LogP contribution in [0.25, 0.3) is 0 Å². The van der Waals surface area contributed by atoms with Crippen molar-refractivity contribution < 1.29 is 9.59 Å². The maximum absolute atomic E-state index is 12.8. The van der Waals surface area contributed by atoms with Crippen LogP contribution in [0.1, 0.15) is 30.0 Å². The molecule has 2 amide bonds. The molecular formula is C20H22N2O2. The lowest BCUT2D eigenvalue weighted by Crippen LogP contribution is -2.37. The predicted molar refractivity (Wildman–Crippen MR) is 96.3 cm³/mol. The van der Waals surface area contributed by atoms with Gasteiger partial charge in [-0.2, -0.15) is 0 Å². The first-order chi connectivity index (χ1) is 11.5. The molecule has 2 aromatic rings. The molecule has 0 radical (unpaired) electrons. The number of carbonyl (C=O) groups is 2.